The van der Waals surface area contributed by atoms with E-state index in [0.717, 1.165) is 49.9 Å². The van der Waals surface area contributed by atoms with Crippen molar-refractivity contribution in [2.75, 3.05) is 48.9 Å². The van der Waals surface area contributed by atoms with E-state index in [1.165, 1.54) is 5.69 Å². The Kier molecular flexibility index (Phi) is 7.47. The van der Waals surface area contributed by atoms with Gasteiger partial charge in [0.15, 0.2) is 0 Å². The minimum atomic E-state index is 0.602. The van der Waals surface area contributed by atoms with E-state index in [4.69, 9.17) is 4.74 Å². The number of nitrogens with one attached hydrogen (secondary N) is 2. The minimum Gasteiger partial charge on any atom is -0.385 e. The molecule has 0 amide bonds. The highest BCUT2D eigenvalue weighted by atomic mass is 16.5. The SMILES string of the molecule is CCN(CC)c1ccc(Nc2nc(C)cc(NCCCOC)n2)cc1. The molecule has 6 nitrogen and oxygen atoms in total. The number of benzene rings is 1. The van der Waals surface area contributed by atoms with Crippen LogP contribution in [-0.4, -0.2) is 43.3 Å². The molecule has 0 bridgehead atoms. The van der Waals surface area contributed by atoms with Gasteiger partial charge < -0.3 is 20.3 Å². The number of nitrogens with zero attached hydrogens (tertiary/aromatic N) is 3. The third-order valence-electron chi connectivity index (χ3n) is 3.94. The summed E-state index contributed by atoms with van der Waals surface area (Å²) in [6.45, 7) is 9.86. The molecule has 136 valence electrons. The Morgan fingerprint density at radius 2 is 1.80 bits per heavy atom. The Labute approximate surface area is 150 Å². The highest BCUT2D eigenvalue weighted by Gasteiger charge is 2.05. The summed E-state index contributed by atoms with van der Waals surface area (Å²) in [7, 11) is 1.71. The summed E-state index contributed by atoms with van der Waals surface area (Å²) >= 11 is 0. The largest absolute Gasteiger partial charge is 0.385 e. The van der Waals surface area contributed by atoms with Crippen molar-refractivity contribution in [2.45, 2.75) is 27.2 Å². The van der Waals surface area contributed by atoms with Crippen LogP contribution in [0, 0.1) is 6.92 Å². The van der Waals surface area contributed by atoms with Gasteiger partial charge in [0.1, 0.15) is 5.82 Å². The zero-order chi connectivity index (χ0) is 18.1. The molecule has 0 atom stereocenters. The van der Waals surface area contributed by atoms with Crippen LogP contribution in [0.4, 0.5) is 23.1 Å². The predicted molar refractivity (Wildman–Crippen MR) is 105 cm³/mol. The number of hydrogen-bond donors (Lipinski definition) is 2. The van der Waals surface area contributed by atoms with Crippen LogP contribution in [0.1, 0.15) is 26.0 Å². The maximum Gasteiger partial charge on any atom is 0.229 e. The molecule has 0 unspecified atom stereocenters. The molecule has 0 aliphatic rings. The van der Waals surface area contributed by atoms with Gasteiger partial charge in [0, 0.05) is 56.5 Å². The van der Waals surface area contributed by atoms with Crippen LogP contribution in [0.3, 0.4) is 0 Å². The lowest BCUT2D eigenvalue weighted by Gasteiger charge is -2.21. The molecule has 0 fully saturated rings. The summed E-state index contributed by atoms with van der Waals surface area (Å²) in [6.07, 6.45) is 0.940. The lowest BCUT2D eigenvalue weighted by Crippen LogP contribution is -2.21. The molecule has 0 saturated heterocycles. The molecular formula is C19H29N5O. The lowest BCUT2D eigenvalue weighted by atomic mass is 10.2. The van der Waals surface area contributed by atoms with Crippen molar-refractivity contribution in [2.24, 2.45) is 0 Å². The van der Waals surface area contributed by atoms with Crippen LogP contribution in [-0.2, 0) is 4.74 Å². The maximum absolute atomic E-state index is 5.06. The van der Waals surface area contributed by atoms with Gasteiger partial charge in [-0.25, -0.2) is 4.98 Å². The number of aromatic nitrogens is 2. The first-order chi connectivity index (χ1) is 12.2. The van der Waals surface area contributed by atoms with Gasteiger partial charge in [0.2, 0.25) is 5.95 Å². The fourth-order valence-electron chi connectivity index (χ4n) is 2.62. The fourth-order valence-corrected chi connectivity index (χ4v) is 2.62. The van der Waals surface area contributed by atoms with Gasteiger partial charge in [0.05, 0.1) is 0 Å². The number of anilines is 4. The van der Waals surface area contributed by atoms with Crippen molar-refractivity contribution in [1.82, 2.24) is 9.97 Å². The molecule has 0 radical (unpaired) electrons. The van der Waals surface area contributed by atoms with Gasteiger partial charge in [-0.2, -0.15) is 4.98 Å². The second-order valence-electron chi connectivity index (χ2n) is 5.84. The Hall–Kier alpha value is -2.34. The van der Waals surface area contributed by atoms with Crippen molar-refractivity contribution in [3.8, 4) is 0 Å². The van der Waals surface area contributed by atoms with Crippen molar-refractivity contribution < 1.29 is 4.74 Å². The summed E-state index contributed by atoms with van der Waals surface area (Å²) in [5.41, 5.74) is 3.12. The highest BCUT2D eigenvalue weighted by Crippen LogP contribution is 2.20. The molecule has 0 aliphatic heterocycles. The third kappa shape index (κ3) is 5.90. The van der Waals surface area contributed by atoms with Gasteiger partial charge in [-0.3, -0.25) is 0 Å². The molecule has 6 heteroatoms. The second-order valence-corrected chi connectivity index (χ2v) is 5.84. The molecular weight excluding hydrogens is 314 g/mol. The van der Waals surface area contributed by atoms with E-state index in [9.17, 15) is 0 Å². The molecule has 2 N–H and O–H groups in total. The van der Waals surface area contributed by atoms with Crippen molar-refractivity contribution in [1.29, 1.82) is 0 Å². The van der Waals surface area contributed by atoms with Crippen LogP contribution < -0.4 is 15.5 Å². The Morgan fingerprint density at radius 1 is 1.08 bits per heavy atom. The predicted octanol–water partition coefficient (Wildman–Crippen LogP) is 3.82. The van der Waals surface area contributed by atoms with Crippen LogP contribution in [0.2, 0.25) is 0 Å². The van der Waals surface area contributed by atoms with E-state index in [1.54, 1.807) is 7.11 Å². The molecule has 2 rings (SSSR count). The monoisotopic (exact) mass is 343 g/mol. The van der Waals surface area contributed by atoms with Crippen molar-refractivity contribution >= 4 is 23.1 Å². The van der Waals surface area contributed by atoms with E-state index in [1.807, 2.05) is 13.0 Å². The summed E-state index contributed by atoms with van der Waals surface area (Å²) in [5, 5.41) is 6.59. The Morgan fingerprint density at radius 3 is 2.44 bits per heavy atom. The Balaban J connectivity index is 2.02. The van der Waals surface area contributed by atoms with E-state index in [0.29, 0.717) is 5.95 Å². The summed E-state index contributed by atoms with van der Waals surface area (Å²) in [6, 6.07) is 10.3. The average molecular weight is 343 g/mol. The van der Waals surface area contributed by atoms with Crippen LogP contribution >= 0.6 is 0 Å². The first kappa shape index (κ1) is 19.0. The molecule has 1 heterocycles. The number of hydrogen-bond acceptors (Lipinski definition) is 6. The maximum atomic E-state index is 5.06. The minimum absolute atomic E-state index is 0.602. The van der Waals surface area contributed by atoms with E-state index in [-0.39, 0.29) is 0 Å². The normalized spacial score (nSPS) is 10.6. The van der Waals surface area contributed by atoms with E-state index < -0.39 is 0 Å². The van der Waals surface area contributed by atoms with Gasteiger partial charge in [-0.15, -0.1) is 0 Å². The van der Waals surface area contributed by atoms with Crippen molar-refractivity contribution in [3.63, 3.8) is 0 Å². The molecule has 0 spiro atoms. The fraction of sp³-hybridized carbons (Fsp3) is 0.474. The third-order valence-corrected chi connectivity index (χ3v) is 3.94. The number of rotatable bonds is 10. The lowest BCUT2D eigenvalue weighted by molar-refractivity contribution is 0.198. The van der Waals surface area contributed by atoms with Gasteiger partial charge in [0.25, 0.3) is 0 Å². The van der Waals surface area contributed by atoms with Crippen molar-refractivity contribution in [3.05, 3.63) is 36.0 Å². The second kappa shape index (κ2) is 9.84. The molecule has 1 aromatic heterocycles. The number of methoxy groups -OCH3 is 1. The first-order valence-electron chi connectivity index (χ1n) is 8.86. The molecule has 2 aromatic rings. The van der Waals surface area contributed by atoms with Crippen LogP contribution in [0.25, 0.3) is 0 Å². The summed E-state index contributed by atoms with van der Waals surface area (Å²) in [4.78, 5) is 11.3. The molecule has 0 aliphatic carbocycles. The van der Waals surface area contributed by atoms with Gasteiger partial charge in [-0.1, -0.05) is 0 Å². The molecule has 0 saturated carbocycles. The zero-order valence-corrected chi connectivity index (χ0v) is 15.7. The standard InChI is InChI=1S/C19H29N5O/c1-5-24(6-2)17-10-8-16(9-11-17)22-19-21-15(3)14-18(23-19)20-12-7-13-25-4/h8-11,14H,5-7,12-13H2,1-4H3,(H2,20,21,22,23). The Bertz CT molecular complexity index is 641. The smallest absolute Gasteiger partial charge is 0.229 e. The van der Waals surface area contributed by atoms with Crippen LogP contribution in [0.5, 0.6) is 0 Å². The topological polar surface area (TPSA) is 62.3 Å². The van der Waals surface area contributed by atoms with Gasteiger partial charge in [-0.05, 0) is 51.5 Å². The van der Waals surface area contributed by atoms with Gasteiger partial charge >= 0.3 is 0 Å². The highest BCUT2D eigenvalue weighted by molar-refractivity contribution is 5.60. The molecule has 1 aromatic carbocycles. The summed E-state index contributed by atoms with van der Waals surface area (Å²) < 4.78 is 5.06. The number of ether oxygens (including phenoxy) is 1. The quantitative estimate of drug-likeness (QED) is 0.640. The molecule has 25 heavy (non-hydrogen) atoms. The summed E-state index contributed by atoms with van der Waals surface area (Å²) in [5.74, 6) is 1.43. The van der Waals surface area contributed by atoms with E-state index in [2.05, 4.69) is 63.6 Å². The first-order valence-corrected chi connectivity index (χ1v) is 8.86. The zero-order valence-electron chi connectivity index (χ0n) is 15.7. The van der Waals surface area contributed by atoms with Crippen LogP contribution in [0.15, 0.2) is 30.3 Å². The number of aryl methyl sites for hydroxylation is 1. The van der Waals surface area contributed by atoms with E-state index >= 15 is 0 Å². The average Bonchev–Trinajstić information content (AvgIpc) is 2.61.